The van der Waals surface area contributed by atoms with Gasteiger partial charge in [0.2, 0.25) is 5.91 Å². The predicted molar refractivity (Wildman–Crippen MR) is 107 cm³/mol. The van der Waals surface area contributed by atoms with Gasteiger partial charge in [0.1, 0.15) is 5.82 Å². The molecule has 1 N–H and O–H groups in total. The Balaban J connectivity index is 1.37. The molecule has 2 aliphatic heterocycles. The van der Waals surface area contributed by atoms with Crippen LogP contribution in [-0.2, 0) is 9.59 Å². The van der Waals surface area contributed by atoms with Gasteiger partial charge in [0.15, 0.2) is 0 Å². The summed E-state index contributed by atoms with van der Waals surface area (Å²) >= 11 is 6.01. The predicted octanol–water partition coefficient (Wildman–Crippen LogP) is 3.69. The van der Waals surface area contributed by atoms with E-state index >= 15 is 0 Å². The van der Waals surface area contributed by atoms with E-state index < -0.39 is 6.04 Å². The van der Waals surface area contributed by atoms with Crippen LogP contribution in [0.15, 0.2) is 48.5 Å². The molecule has 5 nitrogen and oxygen atoms in total. The van der Waals surface area contributed by atoms with E-state index in [4.69, 9.17) is 11.6 Å². The third-order valence-electron chi connectivity index (χ3n) is 5.37. The average Bonchev–Trinajstić information content (AvgIpc) is 2.98. The highest BCUT2D eigenvalue weighted by Gasteiger charge is 2.43. The van der Waals surface area contributed by atoms with Gasteiger partial charge in [0.25, 0.3) is 5.91 Å². The normalized spacial score (nSPS) is 21.4. The van der Waals surface area contributed by atoms with Crippen LogP contribution in [0.1, 0.15) is 19.3 Å². The molecule has 7 heteroatoms. The van der Waals surface area contributed by atoms with Crippen LogP contribution in [0.3, 0.4) is 0 Å². The number of benzene rings is 2. The molecule has 0 spiro atoms. The number of amides is 2. The van der Waals surface area contributed by atoms with Crippen molar-refractivity contribution in [3.05, 3.63) is 59.4 Å². The smallest absolute Gasteiger partial charge is 0.251 e. The number of carbonyl (C=O) groups is 2. The average molecular weight is 402 g/mol. The number of hydrogen-bond acceptors (Lipinski definition) is 4. The van der Waals surface area contributed by atoms with Crippen molar-refractivity contribution in [1.29, 1.82) is 0 Å². The zero-order valence-electron chi connectivity index (χ0n) is 15.3. The molecule has 2 aromatic rings. The second-order valence-corrected chi connectivity index (χ2v) is 7.67. The Bertz CT molecular complexity index is 881. The molecule has 4 rings (SSSR count). The van der Waals surface area contributed by atoms with Gasteiger partial charge in [-0.15, -0.1) is 0 Å². The molecule has 2 fully saturated rings. The number of nitrogens with one attached hydrogen (secondary N) is 1. The van der Waals surface area contributed by atoms with Crippen molar-refractivity contribution in [3.8, 4) is 0 Å². The third kappa shape index (κ3) is 3.88. The van der Waals surface area contributed by atoms with E-state index in [-0.39, 0.29) is 30.1 Å². The summed E-state index contributed by atoms with van der Waals surface area (Å²) in [5.74, 6) is -0.630. The van der Waals surface area contributed by atoms with Gasteiger partial charge in [-0.3, -0.25) is 14.5 Å². The number of anilines is 2. The van der Waals surface area contributed by atoms with Crippen LogP contribution in [0.4, 0.5) is 15.8 Å². The first-order chi connectivity index (χ1) is 13.5. The fourth-order valence-corrected chi connectivity index (χ4v) is 4.11. The summed E-state index contributed by atoms with van der Waals surface area (Å²) in [4.78, 5) is 28.7. The molecule has 0 unspecified atom stereocenters. The minimum absolute atomic E-state index is 0.183. The number of rotatable bonds is 4. The second-order valence-electron chi connectivity index (χ2n) is 7.23. The molecule has 0 radical (unpaired) electrons. The maximum atomic E-state index is 13.0. The number of likely N-dealkylation sites (tertiary alicyclic amines) is 1. The van der Waals surface area contributed by atoms with Crippen molar-refractivity contribution in [1.82, 2.24) is 4.90 Å². The Kier molecular flexibility index (Phi) is 5.33. The molecule has 1 atom stereocenters. The van der Waals surface area contributed by atoms with E-state index in [0.29, 0.717) is 10.7 Å². The van der Waals surface area contributed by atoms with Gasteiger partial charge < -0.3 is 5.32 Å². The van der Waals surface area contributed by atoms with E-state index in [0.717, 1.165) is 31.6 Å². The zero-order chi connectivity index (χ0) is 19.7. The first-order valence-electron chi connectivity index (χ1n) is 9.40. The molecule has 0 aromatic heterocycles. The maximum absolute atomic E-state index is 13.0. The van der Waals surface area contributed by atoms with Crippen molar-refractivity contribution in [2.24, 2.45) is 0 Å². The Hall–Kier alpha value is -2.44. The lowest BCUT2D eigenvalue weighted by Gasteiger charge is -2.35. The quantitative estimate of drug-likeness (QED) is 0.794. The van der Waals surface area contributed by atoms with Gasteiger partial charge >= 0.3 is 0 Å². The van der Waals surface area contributed by atoms with Gasteiger partial charge in [0, 0.05) is 29.8 Å². The summed E-state index contributed by atoms with van der Waals surface area (Å²) in [5.41, 5.74) is 1.41. The van der Waals surface area contributed by atoms with Crippen LogP contribution >= 0.6 is 11.6 Å². The highest BCUT2D eigenvalue weighted by atomic mass is 35.5. The molecule has 146 valence electrons. The van der Waals surface area contributed by atoms with E-state index in [1.165, 1.54) is 17.0 Å². The minimum atomic E-state index is -0.418. The van der Waals surface area contributed by atoms with Crippen molar-refractivity contribution in [2.75, 3.05) is 23.3 Å². The first kappa shape index (κ1) is 18.9. The number of carbonyl (C=O) groups excluding carboxylic acids is 2. The van der Waals surface area contributed by atoms with Gasteiger partial charge in [-0.2, -0.15) is 0 Å². The van der Waals surface area contributed by atoms with E-state index in [1.807, 2.05) is 0 Å². The lowest BCUT2D eigenvalue weighted by atomic mass is 10.0. The zero-order valence-corrected chi connectivity index (χ0v) is 16.0. The monoisotopic (exact) mass is 401 g/mol. The van der Waals surface area contributed by atoms with Gasteiger partial charge in [0.05, 0.1) is 18.2 Å². The van der Waals surface area contributed by atoms with Crippen molar-refractivity contribution < 1.29 is 14.0 Å². The highest BCUT2D eigenvalue weighted by molar-refractivity contribution is 6.31. The minimum Gasteiger partial charge on any atom is -0.382 e. The maximum Gasteiger partial charge on any atom is 0.251 e. The van der Waals surface area contributed by atoms with Crippen molar-refractivity contribution in [3.63, 3.8) is 0 Å². The van der Waals surface area contributed by atoms with E-state index in [1.54, 1.807) is 36.4 Å². The van der Waals surface area contributed by atoms with Gasteiger partial charge in [-0.25, -0.2) is 9.29 Å². The number of nitrogens with zero attached hydrogens (tertiary/aromatic N) is 2. The summed E-state index contributed by atoms with van der Waals surface area (Å²) in [6.07, 6.45) is 1.90. The van der Waals surface area contributed by atoms with E-state index in [2.05, 4.69) is 10.2 Å². The largest absolute Gasteiger partial charge is 0.382 e. The number of piperidine rings is 1. The molecule has 28 heavy (non-hydrogen) atoms. The summed E-state index contributed by atoms with van der Waals surface area (Å²) in [6, 6.07) is 13.0. The van der Waals surface area contributed by atoms with Crippen LogP contribution in [0.25, 0.3) is 0 Å². The van der Waals surface area contributed by atoms with Gasteiger partial charge in [-0.05, 0) is 55.3 Å². The van der Waals surface area contributed by atoms with Crippen LogP contribution in [0.2, 0.25) is 5.02 Å². The first-order valence-corrected chi connectivity index (χ1v) is 9.77. The summed E-state index contributed by atoms with van der Waals surface area (Å²) < 4.78 is 13.0. The Morgan fingerprint density at radius 1 is 1.04 bits per heavy atom. The highest BCUT2D eigenvalue weighted by Crippen LogP contribution is 2.29. The SMILES string of the molecule is O=C1C[C@@H](N2CCC(Nc3ccc(F)cc3)CC2)C(=O)N1c1cccc(Cl)c1. The fourth-order valence-electron chi connectivity index (χ4n) is 3.92. The van der Waals surface area contributed by atoms with Crippen LogP contribution in [0.5, 0.6) is 0 Å². The summed E-state index contributed by atoms with van der Waals surface area (Å²) in [6.45, 7) is 1.46. The van der Waals surface area contributed by atoms with Crippen LogP contribution < -0.4 is 10.2 Å². The molecular formula is C21H21ClFN3O2. The molecule has 2 aromatic carbocycles. The van der Waals surface area contributed by atoms with E-state index in [9.17, 15) is 14.0 Å². The van der Waals surface area contributed by atoms with Crippen LogP contribution in [0, 0.1) is 5.82 Å². The Morgan fingerprint density at radius 2 is 1.75 bits per heavy atom. The van der Waals surface area contributed by atoms with Crippen molar-refractivity contribution >= 4 is 34.8 Å². The summed E-state index contributed by atoms with van der Waals surface area (Å²) in [7, 11) is 0. The number of hydrogen-bond donors (Lipinski definition) is 1. The van der Waals surface area contributed by atoms with Gasteiger partial charge in [-0.1, -0.05) is 17.7 Å². The topological polar surface area (TPSA) is 52.7 Å². The standard InChI is InChI=1S/C21H21ClFN3O2/c22-14-2-1-3-18(12-14)26-20(27)13-19(21(26)28)25-10-8-17(9-11-25)24-16-6-4-15(23)5-7-16/h1-7,12,17,19,24H,8-11,13H2/t19-/m1/s1. The lowest BCUT2D eigenvalue weighted by molar-refractivity contribution is -0.123. The summed E-state index contributed by atoms with van der Waals surface area (Å²) in [5, 5.41) is 3.90. The fraction of sp³-hybridized carbons (Fsp3) is 0.333. The Morgan fingerprint density at radius 3 is 2.43 bits per heavy atom. The third-order valence-corrected chi connectivity index (χ3v) is 5.61. The molecule has 2 heterocycles. The molecule has 0 aliphatic carbocycles. The molecule has 0 bridgehead atoms. The Labute approximate surface area is 168 Å². The number of halogens is 2. The molecular weight excluding hydrogens is 381 g/mol. The molecule has 2 aliphatic rings. The second kappa shape index (κ2) is 7.89. The number of imide groups is 1. The molecule has 2 amide bonds. The van der Waals surface area contributed by atoms with Crippen molar-refractivity contribution in [2.45, 2.75) is 31.3 Å². The lowest BCUT2D eigenvalue weighted by Crippen LogP contribution is -2.48. The molecule has 0 saturated carbocycles. The van der Waals surface area contributed by atoms with Crippen LogP contribution in [-0.4, -0.2) is 41.9 Å². The molecule has 2 saturated heterocycles.